The molecule has 0 saturated carbocycles. The maximum atomic E-state index is 13.0. The minimum atomic E-state index is -3.74. The summed E-state index contributed by atoms with van der Waals surface area (Å²) in [5.41, 5.74) is 0.0461. The van der Waals surface area contributed by atoms with Gasteiger partial charge in [0.15, 0.2) is 0 Å². The van der Waals surface area contributed by atoms with Crippen molar-refractivity contribution in [2.24, 2.45) is 5.92 Å². The molecule has 0 atom stereocenters. The lowest BCUT2D eigenvalue weighted by molar-refractivity contribution is -0.127. The molecule has 1 aromatic carbocycles. The van der Waals surface area contributed by atoms with Crippen LogP contribution >= 0.6 is 0 Å². The summed E-state index contributed by atoms with van der Waals surface area (Å²) in [5, 5.41) is 16.1. The fourth-order valence-electron chi connectivity index (χ4n) is 5.02. The van der Waals surface area contributed by atoms with Crippen molar-refractivity contribution in [3.05, 3.63) is 29.8 Å². The number of piperidine rings is 2. The van der Waals surface area contributed by atoms with Crippen LogP contribution in [-0.2, 0) is 14.8 Å². The van der Waals surface area contributed by atoms with E-state index in [2.05, 4.69) is 38.3 Å². The topological polar surface area (TPSA) is 102 Å². The second-order valence-corrected chi connectivity index (χ2v) is 11.7. The first-order valence-electron chi connectivity index (χ1n) is 10.5. The van der Waals surface area contributed by atoms with Crippen LogP contribution in [0.5, 0.6) is 0 Å². The van der Waals surface area contributed by atoms with Gasteiger partial charge >= 0.3 is 0 Å². The Labute approximate surface area is 179 Å². The first-order chi connectivity index (χ1) is 13.9. The number of sulfonamides is 1. The SMILES string of the molecule is CC1(C)CC(NC(=O)C2CCN(S(=O)(=O)c3ccccc3C#N)CC2)CC(C)(C)N1. The molecule has 0 aromatic heterocycles. The van der Waals surface area contributed by atoms with Crippen LogP contribution in [-0.4, -0.2) is 48.8 Å². The third-order valence-corrected chi connectivity index (χ3v) is 7.94. The summed E-state index contributed by atoms with van der Waals surface area (Å²) < 4.78 is 27.3. The van der Waals surface area contributed by atoms with Crippen molar-refractivity contribution in [3.63, 3.8) is 0 Å². The van der Waals surface area contributed by atoms with Gasteiger partial charge in [0.05, 0.1) is 10.5 Å². The molecule has 2 heterocycles. The van der Waals surface area contributed by atoms with Crippen molar-refractivity contribution in [3.8, 4) is 6.07 Å². The number of nitrogens with zero attached hydrogens (tertiary/aromatic N) is 2. The Hall–Kier alpha value is -1.95. The van der Waals surface area contributed by atoms with E-state index in [0.717, 1.165) is 12.8 Å². The first kappa shape index (κ1) is 22.7. The van der Waals surface area contributed by atoms with Gasteiger partial charge in [0.25, 0.3) is 0 Å². The summed E-state index contributed by atoms with van der Waals surface area (Å²) in [6.45, 7) is 9.16. The zero-order valence-electron chi connectivity index (χ0n) is 18.2. The molecule has 3 rings (SSSR count). The highest BCUT2D eigenvalue weighted by Gasteiger charge is 2.39. The maximum Gasteiger partial charge on any atom is 0.244 e. The molecule has 2 fully saturated rings. The molecule has 1 aromatic rings. The minimum absolute atomic E-state index is 0.0166. The average Bonchev–Trinajstić information content (AvgIpc) is 2.65. The Morgan fingerprint density at radius 3 is 2.27 bits per heavy atom. The Kier molecular flexibility index (Phi) is 6.28. The van der Waals surface area contributed by atoms with Gasteiger partial charge in [-0.05, 0) is 65.5 Å². The number of hydrogen-bond donors (Lipinski definition) is 2. The molecule has 1 amide bonds. The third-order valence-electron chi connectivity index (χ3n) is 5.99. The molecule has 7 nitrogen and oxygen atoms in total. The summed E-state index contributed by atoms with van der Waals surface area (Å²) in [6.07, 6.45) is 2.69. The van der Waals surface area contributed by atoms with Crippen LogP contribution in [0.25, 0.3) is 0 Å². The maximum absolute atomic E-state index is 13.0. The molecular formula is C22H32N4O3S. The van der Waals surface area contributed by atoms with Crippen LogP contribution < -0.4 is 10.6 Å². The fourth-order valence-corrected chi connectivity index (χ4v) is 6.64. The summed E-state index contributed by atoms with van der Waals surface area (Å²) in [4.78, 5) is 12.9. The normalized spacial score (nSPS) is 22.9. The summed E-state index contributed by atoms with van der Waals surface area (Å²) >= 11 is 0. The molecule has 2 aliphatic heterocycles. The summed E-state index contributed by atoms with van der Waals surface area (Å²) in [6, 6.07) is 8.30. The van der Waals surface area contributed by atoms with Gasteiger partial charge in [-0.25, -0.2) is 8.42 Å². The predicted molar refractivity (Wildman–Crippen MR) is 115 cm³/mol. The Bertz CT molecular complexity index is 925. The van der Waals surface area contributed by atoms with Gasteiger partial charge < -0.3 is 10.6 Å². The van der Waals surface area contributed by atoms with Crippen molar-refractivity contribution >= 4 is 15.9 Å². The minimum Gasteiger partial charge on any atom is -0.353 e. The lowest BCUT2D eigenvalue weighted by atomic mass is 9.79. The monoisotopic (exact) mass is 432 g/mol. The lowest BCUT2D eigenvalue weighted by Gasteiger charge is -2.47. The van der Waals surface area contributed by atoms with Crippen LogP contribution in [0.4, 0.5) is 0 Å². The van der Waals surface area contributed by atoms with Crippen LogP contribution in [0.1, 0.15) is 58.9 Å². The Balaban J connectivity index is 1.61. The molecular weight excluding hydrogens is 400 g/mol. The number of rotatable bonds is 4. The highest BCUT2D eigenvalue weighted by Crippen LogP contribution is 2.30. The average molecular weight is 433 g/mol. The Morgan fingerprint density at radius 2 is 1.70 bits per heavy atom. The standard InChI is InChI=1S/C22H32N4O3S/c1-21(2)13-18(14-22(3,4)25-21)24-20(27)16-9-11-26(12-10-16)30(28,29)19-8-6-5-7-17(19)15-23/h5-8,16,18,25H,9-14H2,1-4H3,(H,24,27). The molecule has 8 heteroatoms. The third kappa shape index (κ3) is 5.02. The van der Waals surface area contributed by atoms with Crippen molar-refractivity contribution in [2.45, 2.75) is 75.4 Å². The summed E-state index contributed by atoms with van der Waals surface area (Å²) in [5.74, 6) is -0.174. The van der Waals surface area contributed by atoms with Crippen molar-refractivity contribution in [1.82, 2.24) is 14.9 Å². The molecule has 0 bridgehead atoms. The van der Waals surface area contributed by atoms with Gasteiger partial charge in [-0.3, -0.25) is 4.79 Å². The van der Waals surface area contributed by atoms with E-state index in [0.29, 0.717) is 12.8 Å². The smallest absolute Gasteiger partial charge is 0.244 e. The quantitative estimate of drug-likeness (QED) is 0.761. The van der Waals surface area contributed by atoms with Gasteiger partial charge in [-0.15, -0.1) is 0 Å². The fraction of sp³-hybridized carbons (Fsp3) is 0.636. The molecule has 2 saturated heterocycles. The van der Waals surface area contributed by atoms with Crippen LogP contribution in [0.2, 0.25) is 0 Å². The van der Waals surface area contributed by atoms with E-state index >= 15 is 0 Å². The van der Waals surface area contributed by atoms with Gasteiger partial charge in [0, 0.05) is 36.1 Å². The molecule has 0 aliphatic carbocycles. The van der Waals surface area contributed by atoms with Crippen LogP contribution in [0.15, 0.2) is 29.2 Å². The number of amides is 1. The van der Waals surface area contributed by atoms with Gasteiger partial charge in [-0.2, -0.15) is 9.57 Å². The van der Waals surface area contributed by atoms with E-state index < -0.39 is 10.0 Å². The van der Waals surface area contributed by atoms with E-state index in [1.165, 1.54) is 16.4 Å². The molecule has 30 heavy (non-hydrogen) atoms. The van der Waals surface area contributed by atoms with Crippen molar-refractivity contribution in [1.29, 1.82) is 5.26 Å². The zero-order chi connectivity index (χ0) is 22.2. The van der Waals surface area contributed by atoms with E-state index in [1.54, 1.807) is 12.1 Å². The van der Waals surface area contributed by atoms with Gasteiger partial charge in [0.1, 0.15) is 6.07 Å². The van der Waals surface area contributed by atoms with Crippen LogP contribution in [0, 0.1) is 17.2 Å². The second-order valence-electron chi connectivity index (χ2n) is 9.79. The van der Waals surface area contributed by atoms with Crippen LogP contribution in [0.3, 0.4) is 0 Å². The predicted octanol–water partition coefficient (Wildman–Crippen LogP) is 2.38. The lowest BCUT2D eigenvalue weighted by Crippen LogP contribution is -2.62. The van der Waals surface area contributed by atoms with E-state index in [1.807, 2.05) is 6.07 Å². The number of benzene rings is 1. The largest absolute Gasteiger partial charge is 0.353 e. The second kappa shape index (κ2) is 8.29. The number of carbonyl (C=O) groups excluding carboxylic acids is 1. The molecule has 2 N–H and O–H groups in total. The number of nitriles is 1. The number of nitrogens with one attached hydrogen (secondary N) is 2. The molecule has 0 radical (unpaired) electrons. The van der Waals surface area contributed by atoms with E-state index in [-0.39, 0.29) is 52.5 Å². The van der Waals surface area contributed by atoms with E-state index in [4.69, 9.17) is 0 Å². The molecule has 2 aliphatic rings. The molecule has 0 spiro atoms. The zero-order valence-corrected chi connectivity index (χ0v) is 19.1. The van der Waals surface area contributed by atoms with Crippen molar-refractivity contribution in [2.75, 3.05) is 13.1 Å². The first-order valence-corrected chi connectivity index (χ1v) is 12.0. The number of carbonyl (C=O) groups is 1. The number of hydrogen-bond acceptors (Lipinski definition) is 5. The van der Waals surface area contributed by atoms with E-state index in [9.17, 15) is 18.5 Å². The highest BCUT2D eigenvalue weighted by molar-refractivity contribution is 7.89. The Morgan fingerprint density at radius 1 is 1.13 bits per heavy atom. The van der Waals surface area contributed by atoms with Gasteiger partial charge in [-0.1, -0.05) is 12.1 Å². The highest BCUT2D eigenvalue weighted by atomic mass is 32.2. The molecule has 0 unspecified atom stereocenters. The van der Waals surface area contributed by atoms with Gasteiger partial charge in [0.2, 0.25) is 15.9 Å². The summed E-state index contributed by atoms with van der Waals surface area (Å²) in [7, 11) is -3.74. The van der Waals surface area contributed by atoms with Crippen molar-refractivity contribution < 1.29 is 13.2 Å². The molecule has 164 valence electrons.